The number of benzene rings is 2. The predicted octanol–water partition coefficient (Wildman–Crippen LogP) is 8.42. The topological polar surface area (TPSA) is 148 Å². The standard InChI is InChI=1S/C28H32ClF2N6O2.C18H21N3O2.In/c1-15(2)16-8-10-37(11-9-16)27-32-13-20(29)25(35-27)33-18-6-7-21-19(12-18)22-23(26(38)36(21)3)39-14-28(30,31)24(34-22)17-4-5-17;1-4-11(5-2)12-6-7-13-15(10-12)21(3)20-17(13)14-8-9-16(22)19-18(14)23;/h6-7,12-13,16-17,24,34H,4-5,8-11,14H2,1-3H3,(H,32,33,35);6-7,10-11,14H,1-2,4-5,8-9H2,3H3,(H,19,22,23);/t24-;;/m0../s1. The van der Waals surface area contributed by atoms with E-state index < -0.39 is 51.5 Å². The number of nitrogens with one attached hydrogen (secondary N) is 3. The molecule has 13 nitrogen and oxygen atoms in total. The number of pyridine rings is 1. The molecule has 1 unspecified atom stereocenters. The van der Waals surface area contributed by atoms with Crippen molar-refractivity contribution in [3.05, 3.63) is 69.2 Å². The van der Waals surface area contributed by atoms with Gasteiger partial charge in [0.1, 0.15) is 0 Å². The predicted molar refractivity (Wildman–Crippen MR) is 242 cm³/mol. The van der Waals surface area contributed by atoms with Gasteiger partial charge < -0.3 is 14.6 Å². The Morgan fingerprint density at radius 2 is 1.71 bits per heavy atom. The Morgan fingerprint density at radius 1 is 0.952 bits per heavy atom. The molecule has 0 bridgehead atoms. The summed E-state index contributed by atoms with van der Waals surface area (Å²) < 4.78 is 42.4. The van der Waals surface area contributed by atoms with Crippen LogP contribution in [0.4, 0.5) is 31.9 Å². The number of nitrogens with zero attached hydrogens (tertiary/aromatic N) is 6. The van der Waals surface area contributed by atoms with E-state index in [-0.39, 0.29) is 29.2 Å². The number of ether oxygens (including phenoxy) is 1. The Hall–Kier alpha value is -4.44. The minimum absolute atomic E-state index is 0.0980. The van der Waals surface area contributed by atoms with E-state index in [1.54, 1.807) is 19.3 Å². The molecule has 63 heavy (non-hydrogen) atoms. The van der Waals surface area contributed by atoms with E-state index in [2.05, 4.69) is 57.9 Å². The van der Waals surface area contributed by atoms with Gasteiger partial charge >= 0.3 is 285 Å². The van der Waals surface area contributed by atoms with Gasteiger partial charge in [-0.15, -0.1) is 0 Å². The molecule has 2 atom stereocenters. The monoisotopic (exact) mass is 983 g/mol. The molecular formula is C46H53ClF2InN9O4. The van der Waals surface area contributed by atoms with Crippen molar-refractivity contribution in [3.8, 4) is 5.75 Å². The second-order valence-corrected chi connectivity index (χ2v) is 31.1. The fourth-order valence-corrected chi connectivity index (χ4v) is 23.8. The normalized spacial score (nSPS) is 22.4. The van der Waals surface area contributed by atoms with E-state index in [0.29, 0.717) is 74.1 Å². The molecule has 7 heterocycles. The summed E-state index contributed by atoms with van der Waals surface area (Å²) in [6.07, 6.45) is 8.46. The Labute approximate surface area is 377 Å². The van der Waals surface area contributed by atoms with Crippen LogP contribution in [-0.2, 0) is 23.7 Å². The van der Waals surface area contributed by atoms with Crippen LogP contribution in [0.3, 0.4) is 0 Å². The summed E-state index contributed by atoms with van der Waals surface area (Å²) in [6, 6.07) is 11.0. The zero-order chi connectivity index (χ0) is 43.9. The molecule has 5 aliphatic rings. The molecule has 10 rings (SSSR count). The van der Waals surface area contributed by atoms with E-state index >= 15 is 8.78 Å². The van der Waals surface area contributed by atoms with Crippen molar-refractivity contribution < 1.29 is 23.1 Å². The van der Waals surface area contributed by atoms with Crippen molar-refractivity contribution in [2.45, 2.75) is 101 Å². The molecule has 330 valence electrons. The average Bonchev–Trinajstić information content (AvgIpc) is 4.08. The van der Waals surface area contributed by atoms with Crippen LogP contribution in [0.15, 0.2) is 47.4 Å². The van der Waals surface area contributed by atoms with Gasteiger partial charge in [0.2, 0.25) is 5.75 Å². The van der Waals surface area contributed by atoms with E-state index in [4.69, 9.17) is 26.4 Å². The Kier molecular flexibility index (Phi) is 10.9. The van der Waals surface area contributed by atoms with E-state index in [9.17, 15) is 14.4 Å². The van der Waals surface area contributed by atoms with Gasteiger partial charge in [0, 0.05) is 7.05 Å². The van der Waals surface area contributed by atoms with Crippen LogP contribution in [-0.4, -0.2) is 89.2 Å². The number of halogens is 3. The van der Waals surface area contributed by atoms with Crippen LogP contribution in [0.25, 0.3) is 21.8 Å². The number of aromatic nitrogens is 5. The molecule has 2 amide bonds. The van der Waals surface area contributed by atoms with Crippen LogP contribution in [0.1, 0.15) is 88.3 Å². The Bertz CT molecular complexity index is 2710. The number of amides is 2. The maximum atomic E-state index is 15.2. The van der Waals surface area contributed by atoms with Gasteiger partial charge in [0.05, 0.1) is 17.2 Å². The second kappa shape index (κ2) is 16.2. The first-order valence-electron chi connectivity index (χ1n) is 22.4. The van der Waals surface area contributed by atoms with Gasteiger partial charge in [-0.1, -0.05) is 0 Å². The molecule has 1 aliphatic carbocycles. The van der Waals surface area contributed by atoms with E-state index in [0.717, 1.165) is 42.5 Å². The zero-order valence-corrected chi connectivity index (χ0v) is 40.2. The van der Waals surface area contributed by atoms with Crippen LogP contribution >= 0.6 is 11.6 Å². The summed E-state index contributed by atoms with van der Waals surface area (Å²) in [6.45, 7) is 5.96. The molecule has 0 spiro atoms. The Balaban J connectivity index is 0.789. The molecule has 0 radical (unpaired) electrons. The van der Waals surface area contributed by atoms with Crippen LogP contribution in [0.2, 0.25) is 16.5 Å². The van der Waals surface area contributed by atoms with Crippen LogP contribution in [0, 0.1) is 11.8 Å². The van der Waals surface area contributed by atoms with Crippen molar-refractivity contribution in [2.75, 3.05) is 35.2 Å². The number of rotatable bonds is 8. The van der Waals surface area contributed by atoms with Gasteiger partial charge in [-0.3, -0.25) is 9.59 Å². The number of carbonyl (C=O) groups excluding carboxylic acids is 2. The molecule has 17 heteroatoms. The minimum atomic E-state index is -3.13. The fourth-order valence-electron chi connectivity index (χ4n) is 11.1. The third-order valence-corrected chi connectivity index (χ3v) is 28.7. The number of hydrogen-bond donors (Lipinski definition) is 3. The molecule has 3 aromatic heterocycles. The summed E-state index contributed by atoms with van der Waals surface area (Å²) in [4.78, 5) is 49.5. The van der Waals surface area contributed by atoms with Gasteiger partial charge in [0.25, 0.3) is 5.56 Å². The maximum absolute atomic E-state index is 15.2. The number of anilines is 4. The summed E-state index contributed by atoms with van der Waals surface area (Å²) in [5.74, 6) is -2.05. The molecule has 5 aromatic rings. The van der Waals surface area contributed by atoms with Crippen molar-refractivity contribution in [2.24, 2.45) is 25.9 Å². The summed E-state index contributed by atoms with van der Waals surface area (Å²) in [5, 5.41) is 15.6. The van der Waals surface area contributed by atoms with Crippen molar-refractivity contribution in [1.82, 2.24) is 29.6 Å². The quantitative estimate of drug-likeness (QED) is 0.130. The zero-order valence-electron chi connectivity index (χ0n) is 36.1. The second-order valence-electron chi connectivity index (χ2n) is 19.2. The van der Waals surface area contributed by atoms with E-state index in [1.807, 2.05) is 23.9 Å². The van der Waals surface area contributed by atoms with Gasteiger partial charge in [-0.25, -0.2) is 8.78 Å². The molecule has 2 aromatic carbocycles. The summed E-state index contributed by atoms with van der Waals surface area (Å²) in [5.41, 5.74) is 4.20. The molecule has 3 saturated heterocycles. The molecule has 1 saturated carbocycles. The van der Waals surface area contributed by atoms with Crippen molar-refractivity contribution in [1.29, 1.82) is 0 Å². The number of carbonyl (C=O) groups is 2. The number of piperidine rings is 2. The number of imide groups is 1. The summed E-state index contributed by atoms with van der Waals surface area (Å²) >= 11 is 4.72. The average molecular weight is 984 g/mol. The van der Waals surface area contributed by atoms with Crippen molar-refractivity contribution >= 4 is 89.8 Å². The summed E-state index contributed by atoms with van der Waals surface area (Å²) in [7, 11) is 3.56. The van der Waals surface area contributed by atoms with E-state index in [1.165, 1.54) is 31.3 Å². The number of aryl methyl sites for hydroxylation is 2. The Morgan fingerprint density at radius 3 is 2.44 bits per heavy atom. The molecule has 4 fully saturated rings. The van der Waals surface area contributed by atoms with Gasteiger partial charge in [0.15, 0.2) is 6.61 Å². The van der Waals surface area contributed by atoms with Gasteiger partial charge in [-0.2, -0.15) is 0 Å². The number of fused-ring (bicyclic) bond motifs is 4. The molecule has 4 aliphatic heterocycles. The fraction of sp³-hybridized carbons (Fsp3) is 0.522. The SMILES string of the molecule is Cn1nc(C2CCC(=O)NC2=O)c2ccc(C3C[CH2][In]([C](C)(C)C4CCN(c5ncc(Cl)c(Nc6ccc7c(c6)c6c(c(=O)n7C)OCC(F)(F)[C@H](C7CC7)N6)n5)CC4)[CH2]C3)cc21. The molecular weight excluding hydrogens is 931 g/mol. The number of alkyl halides is 2. The first-order valence-corrected chi connectivity index (χ1v) is 29.1. The third-order valence-electron chi connectivity index (χ3n) is 15.2. The first kappa shape index (κ1) is 42.5. The third kappa shape index (κ3) is 7.84. The van der Waals surface area contributed by atoms with Gasteiger partial charge in [-0.05, 0) is 18.8 Å². The van der Waals surface area contributed by atoms with Crippen molar-refractivity contribution in [3.63, 3.8) is 0 Å². The van der Waals surface area contributed by atoms with Crippen LogP contribution in [0.5, 0.6) is 5.75 Å². The van der Waals surface area contributed by atoms with Crippen LogP contribution < -0.4 is 31.1 Å². The number of hydrogen-bond acceptors (Lipinski definition) is 10. The first-order chi connectivity index (χ1) is 30.2. The molecule has 3 N–H and O–H groups in total.